The van der Waals surface area contributed by atoms with Crippen molar-refractivity contribution in [3.8, 4) is 0 Å². The summed E-state index contributed by atoms with van der Waals surface area (Å²) in [6, 6.07) is 11.0. The number of likely N-dealkylation sites (tertiary alicyclic amines) is 1. The van der Waals surface area contributed by atoms with Gasteiger partial charge in [-0.3, -0.25) is 4.79 Å². The molecule has 3 atom stereocenters. The van der Waals surface area contributed by atoms with Crippen LogP contribution >= 0.6 is 12.4 Å². The van der Waals surface area contributed by atoms with E-state index >= 15 is 0 Å². The Balaban J connectivity index is 0.00000208. The molecule has 0 bridgehead atoms. The molecule has 0 aliphatic carbocycles. The molecule has 1 aromatic carbocycles. The maximum atomic E-state index is 12.8. The fourth-order valence-corrected chi connectivity index (χ4v) is 4.32. The van der Waals surface area contributed by atoms with Gasteiger partial charge in [0.2, 0.25) is 5.91 Å². The average molecular weight is 351 g/mol. The maximum Gasteiger partial charge on any atom is 0.223 e. The van der Waals surface area contributed by atoms with Crippen LogP contribution in [0.3, 0.4) is 0 Å². The van der Waals surface area contributed by atoms with Crippen molar-refractivity contribution in [2.24, 2.45) is 11.8 Å². The van der Waals surface area contributed by atoms with Crippen molar-refractivity contribution in [3.63, 3.8) is 0 Å². The number of carbonyl (C=O) groups excluding carboxylic acids is 1. The highest BCUT2D eigenvalue weighted by Crippen LogP contribution is 2.33. The molecule has 24 heavy (non-hydrogen) atoms. The number of carbonyl (C=O) groups is 1. The van der Waals surface area contributed by atoms with Crippen LogP contribution < -0.4 is 5.32 Å². The Labute approximate surface area is 152 Å². The first-order chi connectivity index (χ1) is 11.1. The topological polar surface area (TPSA) is 32.3 Å². The lowest BCUT2D eigenvalue weighted by atomic mass is 9.84. The second-order valence-electron chi connectivity index (χ2n) is 7.51. The SMILES string of the molecule is CC(CC(=O)N1CC(c2ccccc2)CC1C)C1CCNCC1.Cl. The molecule has 2 aliphatic rings. The number of benzene rings is 1. The Bertz CT molecular complexity index is 516. The van der Waals surface area contributed by atoms with E-state index in [2.05, 4.69) is 54.4 Å². The highest BCUT2D eigenvalue weighted by atomic mass is 35.5. The minimum absolute atomic E-state index is 0. The lowest BCUT2D eigenvalue weighted by molar-refractivity contribution is -0.133. The molecular formula is C20H31ClN2O. The molecule has 2 fully saturated rings. The maximum absolute atomic E-state index is 12.8. The van der Waals surface area contributed by atoms with Crippen LogP contribution in [-0.4, -0.2) is 36.5 Å². The molecular weight excluding hydrogens is 320 g/mol. The van der Waals surface area contributed by atoms with Crippen molar-refractivity contribution in [2.45, 2.75) is 51.5 Å². The highest BCUT2D eigenvalue weighted by Gasteiger charge is 2.34. The Hall–Kier alpha value is -1.06. The number of hydrogen-bond acceptors (Lipinski definition) is 2. The molecule has 3 rings (SSSR count). The van der Waals surface area contributed by atoms with Crippen LogP contribution in [0.2, 0.25) is 0 Å². The standard InChI is InChI=1S/C20H30N2O.ClH/c1-15(17-8-10-21-11-9-17)12-20(23)22-14-19(13-16(22)2)18-6-4-3-5-7-18;/h3-7,15-17,19,21H,8-14H2,1-2H3;1H. The van der Waals surface area contributed by atoms with E-state index in [1.807, 2.05) is 0 Å². The van der Waals surface area contributed by atoms with E-state index in [0.29, 0.717) is 29.7 Å². The highest BCUT2D eigenvalue weighted by molar-refractivity contribution is 5.85. The zero-order valence-corrected chi connectivity index (χ0v) is 15.7. The third-order valence-corrected chi connectivity index (χ3v) is 5.85. The van der Waals surface area contributed by atoms with Crippen molar-refractivity contribution in [3.05, 3.63) is 35.9 Å². The summed E-state index contributed by atoms with van der Waals surface area (Å²) in [7, 11) is 0. The number of hydrogen-bond donors (Lipinski definition) is 1. The van der Waals surface area contributed by atoms with Crippen LogP contribution in [0.1, 0.15) is 51.0 Å². The summed E-state index contributed by atoms with van der Waals surface area (Å²) >= 11 is 0. The molecule has 0 radical (unpaired) electrons. The fourth-order valence-electron chi connectivity index (χ4n) is 4.32. The van der Waals surface area contributed by atoms with Crippen LogP contribution in [0.15, 0.2) is 30.3 Å². The third-order valence-electron chi connectivity index (χ3n) is 5.85. The molecule has 3 nitrogen and oxygen atoms in total. The molecule has 2 aliphatic heterocycles. The zero-order chi connectivity index (χ0) is 16.2. The van der Waals surface area contributed by atoms with Gasteiger partial charge in [0.1, 0.15) is 0 Å². The minimum atomic E-state index is 0. The normalized spacial score (nSPS) is 26.0. The van der Waals surface area contributed by atoms with Crippen LogP contribution in [0, 0.1) is 11.8 Å². The van der Waals surface area contributed by atoms with E-state index in [1.54, 1.807) is 0 Å². The van der Waals surface area contributed by atoms with E-state index < -0.39 is 0 Å². The van der Waals surface area contributed by atoms with Gasteiger partial charge in [-0.2, -0.15) is 0 Å². The number of piperidine rings is 1. The summed E-state index contributed by atoms with van der Waals surface area (Å²) in [5, 5.41) is 3.41. The van der Waals surface area contributed by atoms with Gasteiger partial charge in [-0.25, -0.2) is 0 Å². The number of nitrogens with zero attached hydrogens (tertiary/aromatic N) is 1. The molecule has 1 amide bonds. The predicted octanol–water partition coefficient (Wildman–Crippen LogP) is 3.84. The Morgan fingerprint density at radius 2 is 1.92 bits per heavy atom. The van der Waals surface area contributed by atoms with E-state index in [-0.39, 0.29) is 12.4 Å². The quantitative estimate of drug-likeness (QED) is 0.894. The van der Waals surface area contributed by atoms with E-state index in [1.165, 1.54) is 18.4 Å². The largest absolute Gasteiger partial charge is 0.339 e. The van der Waals surface area contributed by atoms with Gasteiger partial charge >= 0.3 is 0 Å². The van der Waals surface area contributed by atoms with E-state index in [0.717, 1.165) is 32.5 Å². The van der Waals surface area contributed by atoms with Gasteiger partial charge in [0.15, 0.2) is 0 Å². The van der Waals surface area contributed by atoms with Crippen molar-refractivity contribution >= 4 is 18.3 Å². The van der Waals surface area contributed by atoms with Gasteiger partial charge in [-0.05, 0) is 56.7 Å². The Morgan fingerprint density at radius 3 is 2.58 bits per heavy atom. The van der Waals surface area contributed by atoms with Crippen LogP contribution in [0.5, 0.6) is 0 Å². The summed E-state index contributed by atoms with van der Waals surface area (Å²) in [5.74, 6) is 2.09. The van der Waals surface area contributed by atoms with Gasteiger partial charge in [-0.1, -0.05) is 37.3 Å². The van der Waals surface area contributed by atoms with Crippen molar-refractivity contribution in [1.82, 2.24) is 10.2 Å². The van der Waals surface area contributed by atoms with Crippen LogP contribution in [0.4, 0.5) is 0 Å². The molecule has 0 saturated carbocycles. The third kappa shape index (κ3) is 4.52. The molecule has 4 heteroatoms. The lowest BCUT2D eigenvalue weighted by Crippen LogP contribution is -2.37. The van der Waals surface area contributed by atoms with Gasteiger partial charge in [-0.15, -0.1) is 12.4 Å². The van der Waals surface area contributed by atoms with Crippen molar-refractivity contribution < 1.29 is 4.79 Å². The summed E-state index contributed by atoms with van der Waals surface area (Å²) in [5.41, 5.74) is 1.38. The second-order valence-corrected chi connectivity index (χ2v) is 7.51. The van der Waals surface area contributed by atoms with Gasteiger partial charge in [0.05, 0.1) is 0 Å². The second kappa shape index (κ2) is 8.87. The molecule has 2 heterocycles. The monoisotopic (exact) mass is 350 g/mol. The summed E-state index contributed by atoms with van der Waals surface area (Å²) in [4.78, 5) is 14.9. The Morgan fingerprint density at radius 1 is 1.25 bits per heavy atom. The first-order valence-corrected chi connectivity index (χ1v) is 9.20. The Kier molecular flexibility index (Phi) is 7.12. The first kappa shape index (κ1) is 19.3. The molecule has 1 N–H and O–H groups in total. The summed E-state index contributed by atoms with van der Waals surface area (Å²) < 4.78 is 0. The number of amides is 1. The molecule has 0 spiro atoms. The molecule has 2 saturated heterocycles. The average Bonchev–Trinajstić information content (AvgIpc) is 2.98. The van der Waals surface area contributed by atoms with Crippen molar-refractivity contribution in [1.29, 1.82) is 0 Å². The van der Waals surface area contributed by atoms with E-state index in [9.17, 15) is 4.79 Å². The van der Waals surface area contributed by atoms with Gasteiger partial charge < -0.3 is 10.2 Å². The van der Waals surface area contributed by atoms with Gasteiger partial charge in [0, 0.05) is 24.9 Å². The molecule has 134 valence electrons. The van der Waals surface area contributed by atoms with Crippen LogP contribution in [-0.2, 0) is 4.79 Å². The fraction of sp³-hybridized carbons (Fsp3) is 0.650. The number of rotatable bonds is 4. The predicted molar refractivity (Wildman–Crippen MR) is 102 cm³/mol. The van der Waals surface area contributed by atoms with E-state index in [4.69, 9.17) is 0 Å². The van der Waals surface area contributed by atoms with Crippen molar-refractivity contribution in [2.75, 3.05) is 19.6 Å². The smallest absolute Gasteiger partial charge is 0.223 e. The lowest BCUT2D eigenvalue weighted by Gasteiger charge is -2.30. The van der Waals surface area contributed by atoms with Crippen LogP contribution in [0.25, 0.3) is 0 Å². The molecule has 3 unspecified atom stereocenters. The summed E-state index contributed by atoms with van der Waals surface area (Å²) in [6.07, 6.45) is 4.25. The number of halogens is 1. The first-order valence-electron chi connectivity index (χ1n) is 9.20. The zero-order valence-electron chi connectivity index (χ0n) is 14.9. The molecule has 0 aromatic heterocycles. The summed E-state index contributed by atoms with van der Waals surface area (Å²) in [6.45, 7) is 7.58. The van der Waals surface area contributed by atoms with Gasteiger partial charge in [0.25, 0.3) is 0 Å². The minimum Gasteiger partial charge on any atom is -0.339 e. The molecule has 1 aromatic rings. The number of nitrogens with one attached hydrogen (secondary N) is 1.